The summed E-state index contributed by atoms with van der Waals surface area (Å²) < 4.78 is 35.1. The number of hydrazine groups is 1. The molecule has 2 aromatic carbocycles. The van der Waals surface area contributed by atoms with Gasteiger partial charge in [0.25, 0.3) is 15.9 Å². The van der Waals surface area contributed by atoms with Crippen molar-refractivity contribution in [2.45, 2.75) is 38.0 Å². The molecule has 2 aromatic rings. The molecule has 1 amide bonds. The van der Waals surface area contributed by atoms with Crippen molar-refractivity contribution < 1.29 is 22.7 Å². The van der Waals surface area contributed by atoms with E-state index in [1.807, 2.05) is 23.9 Å². The fourth-order valence-corrected chi connectivity index (χ4v) is 3.16. The average molecular weight is 407 g/mol. The van der Waals surface area contributed by atoms with Crippen LogP contribution < -0.4 is 19.7 Å². The van der Waals surface area contributed by atoms with E-state index in [4.69, 9.17) is 9.47 Å². The number of benzene rings is 2. The van der Waals surface area contributed by atoms with Crippen molar-refractivity contribution >= 4 is 15.9 Å². The fraction of sp³-hybridized carbons (Fsp3) is 0.350. The Morgan fingerprint density at radius 1 is 0.929 bits per heavy atom. The van der Waals surface area contributed by atoms with Gasteiger partial charge in [-0.05, 0) is 54.3 Å². The fourth-order valence-electron chi connectivity index (χ4n) is 2.30. The molecule has 0 fully saturated rings. The highest BCUT2D eigenvalue weighted by molar-refractivity contribution is 7.89. The number of hydrogen-bond acceptors (Lipinski definition) is 5. The third-order valence-corrected chi connectivity index (χ3v) is 5.12. The maximum Gasteiger partial charge on any atom is 0.272 e. The lowest BCUT2D eigenvalue weighted by Gasteiger charge is -2.19. The SMILES string of the molecule is CCOc1ccc(S(=O)(=O)NNC(=O)COc2ccc(C(C)(C)C)cc2)cc1. The number of amides is 1. The van der Waals surface area contributed by atoms with Gasteiger partial charge in [-0.2, -0.15) is 0 Å². The normalized spacial score (nSPS) is 11.7. The summed E-state index contributed by atoms with van der Waals surface area (Å²) >= 11 is 0. The van der Waals surface area contributed by atoms with Crippen LogP contribution in [0.5, 0.6) is 11.5 Å². The van der Waals surface area contributed by atoms with Crippen molar-refractivity contribution in [1.29, 1.82) is 0 Å². The highest BCUT2D eigenvalue weighted by atomic mass is 32.2. The molecule has 0 aliphatic rings. The van der Waals surface area contributed by atoms with Crippen LogP contribution in [-0.2, 0) is 20.2 Å². The van der Waals surface area contributed by atoms with E-state index in [-0.39, 0.29) is 16.9 Å². The molecule has 2 N–H and O–H groups in total. The van der Waals surface area contributed by atoms with E-state index in [2.05, 4.69) is 26.2 Å². The average Bonchev–Trinajstić information content (AvgIpc) is 2.65. The number of hydrogen-bond donors (Lipinski definition) is 2. The summed E-state index contributed by atoms with van der Waals surface area (Å²) in [6.45, 7) is 8.31. The number of carbonyl (C=O) groups is 1. The molecule has 0 aromatic heterocycles. The standard InChI is InChI=1S/C20H26N2O5S/c1-5-26-16-10-12-18(13-11-16)28(24,25)22-21-19(23)14-27-17-8-6-15(7-9-17)20(2,3)4/h6-13,22H,5,14H2,1-4H3,(H,21,23). The Balaban J connectivity index is 1.85. The summed E-state index contributed by atoms with van der Waals surface area (Å²) in [6.07, 6.45) is 0. The quantitative estimate of drug-likeness (QED) is 0.658. The van der Waals surface area contributed by atoms with E-state index in [9.17, 15) is 13.2 Å². The first-order chi connectivity index (χ1) is 13.1. The van der Waals surface area contributed by atoms with Crippen LogP contribution in [0.15, 0.2) is 53.4 Å². The molecule has 0 saturated heterocycles. The van der Waals surface area contributed by atoms with Crippen molar-refractivity contribution in [2.75, 3.05) is 13.2 Å². The number of rotatable bonds is 8. The summed E-state index contributed by atoms with van der Waals surface area (Å²) in [5.74, 6) is 0.475. The van der Waals surface area contributed by atoms with Gasteiger partial charge in [-0.3, -0.25) is 10.2 Å². The summed E-state index contributed by atoms with van der Waals surface area (Å²) in [7, 11) is -3.89. The molecule has 8 heteroatoms. The lowest BCUT2D eigenvalue weighted by atomic mass is 9.87. The molecule has 152 valence electrons. The highest BCUT2D eigenvalue weighted by Crippen LogP contribution is 2.24. The molecular formula is C20H26N2O5S. The summed E-state index contributed by atoms with van der Waals surface area (Å²) in [4.78, 5) is 13.9. The highest BCUT2D eigenvalue weighted by Gasteiger charge is 2.16. The van der Waals surface area contributed by atoms with Crippen LogP contribution in [0.25, 0.3) is 0 Å². The Morgan fingerprint density at radius 3 is 2.00 bits per heavy atom. The van der Waals surface area contributed by atoms with Gasteiger partial charge < -0.3 is 9.47 Å². The van der Waals surface area contributed by atoms with Crippen LogP contribution in [0.3, 0.4) is 0 Å². The van der Waals surface area contributed by atoms with E-state index in [1.165, 1.54) is 12.1 Å². The second-order valence-corrected chi connectivity index (χ2v) is 8.80. The Bertz CT molecular complexity index is 886. The maximum absolute atomic E-state index is 12.2. The first-order valence-corrected chi connectivity index (χ1v) is 10.4. The smallest absolute Gasteiger partial charge is 0.272 e. The molecule has 7 nitrogen and oxygen atoms in total. The molecular weight excluding hydrogens is 380 g/mol. The minimum atomic E-state index is -3.89. The van der Waals surface area contributed by atoms with Gasteiger partial charge in [-0.25, -0.2) is 8.42 Å². The summed E-state index contributed by atoms with van der Waals surface area (Å²) in [5.41, 5.74) is 3.30. The van der Waals surface area contributed by atoms with Crippen LogP contribution in [0.1, 0.15) is 33.3 Å². The van der Waals surface area contributed by atoms with Crippen LogP contribution in [0.4, 0.5) is 0 Å². The van der Waals surface area contributed by atoms with E-state index >= 15 is 0 Å². The Labute approximate surface area is 166 Å². The zero-order chi connectivity index (χ0) is 20.8. The molecule has 0 bridgehead atoms. The van der Waals surface area contributed by atoms with Gasteiger partial charge in [0.15, 0.2) is 6.61 Å². The van der Waals surface area contributed by atoms with Crippen LogP contribution in [0, 0.1) is 0 Å². The van der Waals surface area contributed by atoms with Crippen LogP contribution in [0.2, 0.25) is 0 Å². The molecule has 0 atom stereocenters. The topological polar surface area (TPSA) is 93.7 Å². The lowest BCUT2D eigenvalue weighted by molar-refractivity contribution is -0.123. The van der Waals surface area contributed by atoms with Crippen molar-refractivity contribution in [3.05, 3.63) is 54.1 Å². The zero-order valence-electron chi connectivity index (χ0n) is 16.5. The van der Waals surface area contributed by atoms with E-state index in [0.29, 0.717) is 18.1 Å². The monoisotopic (exact) mass is 406 g/mol. The zero-order valence-corrected chi connectivity index (χ0v) is 17.3. The Morgan fingerprint density at radius 2 is 1.46 bits per heavy atom. The number of nitrogens with one attached hydrogen (secondary N) is 2. The van der Waals surface area contributed by atoms with Crippen molar-refractivity contribution in [3.8, 4) is 11.5 Å². The maximum atomic E-state index is 12.2. The first-order valence-electron chi connectivity index (χ1n) is 8.88. The molecule has 0 radical (unpaired) electrons. The molecule has 0 spiro atoms. The van der Waals surface area contributed by atoms with Crippen LogP contribution in [-0.4, -0.2) is 27.5 Å². The second kappa shape index (κ2) is 9.07. The molecule has 0 unspecified atom stereocenters. The third-order valence-electron chi connectivity index (χ3n) is 3.86. The van der Waals surface area contributed by atoms with Gasteiger partial charge in [0.1, 0.15) is 11.5 Å². The minimum Gasteiger partial charge on any atom is -0.494 e. The molecule has 0 heterocycles. The van der Waals surface area contributed by atoms with Crippen molar-refractivity contribution in [3.63, 3.8) is 0 Å². The van der Waals surface area contributed by atoms with Gasteiger partial charge in [0, 0.05) is 0 Å². The molecule has 28 heavy (non-hydrogen) atoms. The molecule has 0 saturated carbocycles. The van der Waals surface area contributed by atoms with E-state index in [0.717, 1.165) is 5.56 Å². The first kappa shape index (κ1) is 21.7. The minimum absolute atomic E-state index is 0.00920. The van der Waals surface area contributed by atoms with Gasteiger partial charge in [-0.1, -0.05) is 32.9 Å². The lowest BCUT2D eigenvalue weighted by Crippen LogP contribution is -2.43. The molecule has 0 aliphatic heterocycles. The van der Waals surface area contributed by atoms with E-state index in [1.54, 1.807) is 24.3 Å². The number of carbonyl (C=O) groups excluding carboxylic acids is 1. The predicted molar refractivity (Wildman–Crippen MR) is 107 cm³/mol. The predicted octanol–water partition coefficient (Wildman–Crippen LogP) is 2.77. The van der Waals surface area contributed by atoms with Gasteiger partial charge in [0.2, 0.25) is 0 Å². The number of sulfonamides is 1. The van der Waals surface area contributed by atoms with E-state index < -0.39 is 15.9 Å². The third kappa shape index (κ3) is 6.24. The van der Waals surface area contributed by atoms with Crippen molar-refractivity contribution in [1.82, 2.24) is 10.3 Å². The molecule has 0 aliphatic carbocycles. The van der Waals surface area contributed by atoms with Crippen LogP contribution >= 0.6 is 0 Å². The summed E-state index contributed by atoms with van der Waals surface area (Å²) in [5, 5.41) is 0. The number of ether oxygens (including phenoxy) is 2. The molecule has 2 rings (SSSR count). The van der Waals surface area contributed by atoms with Gasteiger partial charge in [-0.15, -0.1) is 4.83 Å². The Hall–Kier alpha value is -2.58. The second-order valence-electron chi connectivity index (χ2n) is 7.12. The van der Waals surface area contributed by atoms with Gasteiger partial charge in [0.05, 0.1) is 11.5 Å². The largest absolute Gasteiger partial charge is 0.494 e. The van der Waals surface area contributed by atoms with Crippen molar-refractivity contribution in [2.24, 2.45) is 0 Å². The van der Waals surface area contributed by atoms with Gasteiger partial charge >= 0.3 is 0 Å². The summed E-state index contributed by atoms with van der Waals surface area (Å²) in [6, 6.07) is 13.3. The Kier molecular flexibility index (Phi) is 7.04.